The zero-order chi connectivity index (χ0) is 19.1. The lowest BCUT2D eigenvalue weighted by Gasteiger charge is -2.22. The lowest BCUT2D eigenvalue weighted by atomic mass is 10.0. The Morgan fingerprint density at radius 3 is 2.35 bits per heavy atom. The molecule has 1 unspecified atom stereocenters. The van der Waals surface area contributed by atoms with Crippen LogP contribution in [0.15, 0.2) is 42.7 Å². The van der Waals surface area contributed by atoms with Gasteiger partial charge in [-0.2, -0.15) is 5.10 Å². The molecule has 2 amide bonds. The van der Waals surface area contributed by atoms with Crippen molar-refractivity contribution in [2.45, 2.75) is 46.7 Å². The van der Waals surface area contributed by atoms with Crippen molar-refractivity contribution < 1.29 is 9.59 Å². The number of amides is 2. The van der Waals surface area contributed by atoms with Crippen molar-refractivity contribution in [3.05, 3.63) is 48.3 Å². The lowest BCUT2D eigenvalue weighted by Crippen LogP contribution is -2.47. The molecule has 0 spiro atoms. The van der Waals surface area contributed by atoms with Crippen molar-refractivity contribution in [2.24, 2.45) is 11.8 Å². The van der Waals surface area contributed by atoms with E-state index in [9.17, 15) is 9.59 Å². The van der Waals surface area contributed by atoms with Crippen LogP contribution in [0.3, 0.4) is 0 Å². The van der Waals surface area contributed by atoms with Crippen LogP contribution >= 0.6 is 0 Å². The first kappa shape index (κ1) is 19.7. The van der Waals surface area contributed by atoms with Crippen LogP contribution in [-0.4, -0.2) is 27.6 Å². The molecule has 0 bridgehead atoms. The smallest absolute Gasteiger partial charge is 0.247 e. The molecule has 2 rings (SSSR count). The Balaban J connectivity index is 1.96. The maximum Gasteiger partial charge on any atom is 0.247 e. The second-order valence-electron chi connectivity index (χ2n) is 7.28. The molecule has 0 saturated carbocycles. The highest BCUT2D eigenvalue weighted by atomic mass is 16.2. The summed E-state index contributed by atoms with van der Waals surface area (Å²) in [5.74, 6) is -0.0289. The van der Waals surface area contributed by atoms with Gasteiger partial charge in [0.1, 0.15) is 6.04 Å². The monoisotopic (exact) mass is 356 g/mol. The first-order valence-corrected chi connectivity index (χ1v) is 9.01. The molecule has 2 aromatic rings. The summed E-state index contributed by atoms with van der Waals surface area (Å²) < 4.78 is 1.84. The first-order valence-electron chi connectivity index (χ1n) is 9.01. The third kappa shape index (κ3) is 6.02. The van der Waals surface area contributed by atoms with Gasteiger partial charge in [0.05, 0.1) is 6.54 Å². The number of nitrogens with zero attached hydrogens (tertiary/aromatic N) is 2. The SMILES string of the molecule is CC(C)CC(=O)NC(C(=O)Nc1ccc(Cn2cccn2)cc1)C(C)C. The van der Waals surface area contributed by atoms with Crippen LogP contribution in [-0.2, 0) is 16.1 Å². The van der Waals surface area contributed by atoms with Crippen molar-refractivity contribution in [3.63, 3.8) is 0 Å². The largest absolute Gasteiger partial charge is 0.344 e. The van der Waals surface area contributed by atoms with Crippen molar-refractivity contribution in [2.75, 3.05) is 5.32 Å². The third-order valence-corrected chi connectivity index (χ3v) is 3.98. The van der Waals surface area contributed by atoms with Gasteiger partial charge in [0.15, 0.2) is 0 Å². The van der Waals surface area contributed by atoms with Gasteiger partial charge in [-0.3, -0.25) is 14.3 Å². The molecule has 0 fully saturated rings. The summed E-state index contributed by atoms with van der Waals surface area (Å²) in [5, 5.41) is 9.92. The summed E-state index contributed by atoms with van der Waals surface area (Å²) in [5.41, 5.74) is 1.81. The van der Waals surface area contributed by atoms with E-state index in [4.69, 9.17) is 0 Å². The zero-order valence-corrected chi connectivity index (χ0v) is 15.9. The highest BCUT2D eigenvalue weighted by Crippen LogP contribution is 2.13. The number of benzene rings is 1. The zero-order valence-electron chi connectivity index (χ0n) is 15.9. The van der Waals surface area contributed by atoms with Crippen LogP contribution in [0, 0.1) is 11.8 Å². The van der Waals surface area contributed by atoms with Gasteiger partial charge >= 0.3 is 0 Å². The van der Waals surface area contributed by atoms with Crippen LogP contribution in [0.5, 0.6) is 0 Å². The second kappa shape index (κ2) is 9.17. The van der Waals surface area contributed by atoms with Gasteiger partial charge in [0.2, 0.25) is 11.8 Å². The van der Waals surface area contributed by atoms with Crippen molar-refractivity contribution in [3.8, 4) is 0 Å². The van der Waals surface area contributed by atoms with E-state index in [0.29, 0.717) is 18.7 Å². The Kier molecular flexibility index (Phi) is 6.95. The summed E-state index contributed by atoms with van der Waals surface area (Å²) in [4.78, 5) is 24.6. The Hall–Kier alpha value is -2.63. The third-order valence-electron chi connectivity index (χ3n) is 3.98. The fourth-order valence-corrected chi connectivity index (χ4v) is 2.63. The molecule has 0 aliphatic heterocycles. The molecule has 0 aliphatic carbocycles. The van der Waals surface area contributed by atoms with E-state index in [1.54, 1.807) is 6.20 Å². The molecular formula is C20H28N4O2. The minimum Gasteiger partial charge on any atom is -0.344 e. The summed E-state index contributed by atoms with van der Waals surface area (Å²) in [6, 6.07) is 8.98. The molecule has 0 aliphatic rings. The number of hydrogen-bond acceptors (Lipinski definition) is 3. The Labute approximate surface area is 155 Å². The van der Waals surface area contributed by atoms with Gasteiger partial charge < -0.3 is 10.6 Å². The molecule has 1 atom stereocenters. The van der Waals surface area contributed by atoms with Gasteiger partial charge in [-0.1, -0.05) is 39.8 Å². The number of anilines is 1. The van der Waals surface area contributed by atoms with Crippen molar-refractivity contribution in [1.29, 1.82) is 0 Å². The molecule has 0 radical (unpaired) electrons. The highest BCUT2D eigenvalue weighted by Gasteiger charge is 2.24. The quantitative estimate of drug-likeness (QED) is 0.763. The van der Waals surface area contributed by atoms with E-state index < -0.39 is 6.04 Å². The molecule has 6 nitrogen and oxygen atoms in total. The second-order valence-corrected chi connectivity index (χ2v) is 7.28. The summed E-state index contributed by atoms with van der Waals surface area (Å²) >= 11 is 0. The molecule has 6 heteroatoms. The van der Waals surface area contributed by atoms with Crippen LogP contribution in [0.2, 0.25) is 0 Å². The molecule has 2 N–H and O–H groups in total. The summed E-state index contributed by atoms with van der Waals surface area (Å²) in [6.07, 6.45) is 4.07. The molecule has 1 aromatic heterocycles. The highest BCUT2D eigenvalue weighted by molar-refractivity contribution is 5.97. The normalized spacial score (nSPS) is 12.2. The Morgan fingerprint density at radius 2 is 1.81 bits per heavy atom. The molecule has 140 valence electrons. The predicted octanol–water partition coefficient (Wildman–Crippen LogP) is 3.06. The van der Waals surface area contributed by atoms with Crippen molar-refractivity contribution >= 4 is 17.5 Å². The van der Waals surface area contributed by atoms with Gasteiger partial charge in [0, 0.05) is 24.5 Å². The van der Waals surface area contributed by atoms with Crippen LogP contribution in [0.25, 0.3) is 0 Å². The van der Waals surface area contributed by atoms with E-state index in [1.807, 2.05) is 68.9 Å². The van der Waals surface area contributed by atoms with Gasteiger partial charge in [0.25, 0.3) is 0 Å². The number of carbonyl (C=O) groups excluding carboxylic acids is 2. The lowest BCUT2D eigenvalue weighted by molar-refractivity contribution is -0.127. The van der Waals surface area contributed by atoms with Gasteiger partial charge in [-0.25, -0.2) is 0 Å². The Bertz CT molecular complexity index is 706. The number of rotatable bonds is 8. The molecule has 0 saturated heterocycles. The van der Waals surface area contributed by atoms with E-state index >= 15 is 0 Å². The molecule has 1 aromatic carbocycles. The van der Waals surface area contributed by atoms with E-state index in [-0.39, 0.29) is 23.7 Å². The number of carbonyl (C=O) groups is 2. The van der Waals surface area contributed by atoms with E-state index in [2.05, 4.69) is 15.7 Å². The Morgan fingerprint density at radius 1 is 1.12 bits per heavy atom. The fourth-order valence-electron chi connectivity index (χ4n) is 2.63. The maximum absolute atomic E-state index is 12.6. The molecule has 1 heterocycles. The minimum absolute atomic E-state index is 0.00482. The average molecular weight is 356 g/mol. The molecule has 26 heavy (non-hydrogen) atoms. The van der Waals surface area contributed by atoms with Crippen molar-refractivity contribution in [1.82, 2.24) is 15.1 Å². The van der Waals surface area contributed by atoms with E-state index in [0.717, 1.165) is 5.56 Å². The van der Waals surface area contributed by atoms with Gasteiger partial charge in [-0.05, 0) is 35.6 Å². The van der Waals surface area contributed by atoms with Gasteiger partial charge in [-0.15, -0.1) is 0 Å². The number of aromatic nitrogens is 2. The van der Waals surface area contributed by atoms with Crippen LogP contribution in [0.4, 0.5) is 5.69 Å². The summed E-state index contributed by atoms with van der Waals surface area (Å²) in [7, 11) is 0. The number of hydrogen-bond donors (Lipinski definition) is 2. The number of nitrogens with one attached hydrogen (secondary N) is 2. The predicted molar refractivity (Wildman–Crippen MR) is 103 cm³/mol. The van der Waals surface area contributed by atoms with Crippen LogP contribution < -0.4 is 10.6 Å². The van der Waals surface area contributed by atoms with E-state index in [1.165, 1.54) is 0 Å². The maximum atomic E-state index is 12.6. The summed E-state index contributed by atoms with van der Waals surface area (Å²) in [6.45, 7) is 8.49. The standard InChI is InChI=1S/C20H28N4O2/c1-14(2)12-18(25)23-19(15(3)4)20(26)22-17-8-6-16(7-9-17)13-24-11-5-10-21-24/h5-11,14-15,19H,12-13H2,1-4H3,(H,22,26)(H,23,25). The first-order chi connectivity index (χ1) is 12.3. The minimum atomic E-state index is -0.551. The topological polar surface area (TPSA) is 76.0 Å². The molecular weight excluding hydrogens is 328 g/mol. The fraction of sp³-hybridized carbons (Fsp3) is 0.450. The average Bonchev–Trinajstić information content (AvgIpc) is 3.06. The van der Waals surface area contributed by atoms with Crippen LogP contribution in [0.1, 0.15) is 39.7 Å².